The Morgan fingerprint density at radius 2 is 2.07 bits per heavy atom. The first-order chi connectivity index (χ1) is 13.0. The van der Waals surface area contributed by atoms with E-state index in [1.807, 2.05) is 4.68 Å². The molecule has 3 aromatic rings. The Kier molecular flexibility index (Phi) is 3.94. The Morgan fingerprint density at radius 3 is 2.85 bits per heavy atom. The summed E-state index contributed by atoms with van der Waals surface area (Å²) in [6, 6.07) is 7.48. The summed E-state index contributed by atoms with van der Waals surface area (Å²) in [7, 11) is 4.39. The van der Waals surface area contributed by atoms with Crippen molar-refractivity contribution < 1.29 is 0 Å². The predicted molar refractivity (Wildman–Crippen MR) is 110 cm³/mol. The molecule has 0 radical (unpaired) electrons. The third-order valence-electron chi connectivity index (χ3n) is 7.27. The summed E-state index contributed by atoms with van der Waals surface area (Å²) in [6.45, 7) is 5.57. The SMILES string of the molecule is Cc1nn(C)c(C)c1CC[C@@H]1C[C@@H]2c3cccc4[nH]cc(c34)C[C@H]2N(C)C1. The van der Waals surface area contributed by atoms with Gasteiger partial charge in [0.25, 0.3) is 0 Å². The highest BCUT2D eigenvalue weighted by molar-refractivity contribution is 5.88. The van der Waals surface area contributed by atoms with Crippen LogP contribution in [-0.2, 0) is 19.9 Å². The number of hydrogen-bond donors (Lipinski definition) is 1. The van der Waals surface area contributed by atoms with E-state index in [2.05, 4.69) is 67.3 Å². The quantitative estimate of drug-likeness (QED) is 0.761. The summed E-state index contributed by atoms with van der Waals surface area (Å²) in [5, 5.41) is 6.11. The van der Waals surface area contributed by atoms with Crippen LogP contribution < -0.4 is 0 Å². The van der Waals surface area contributed by atoms with Gasteiger partial charge in [-0.05, 0) is 75.3 Å². The van der Waals surface area contributed by atoms with Gasteiger partial charge < -0.3 is 9.88 Å². The molecule has 1 aliphatic carbocycles. The molecular weight excluding hydrogens is 332 g/mol. The van der Waals surface area contributed by atoms with Crippen LogP contribution in [0.2, 0.25) is 0 Å². The van der Waals surface area contributed by atoms with E-state index in [1.165, 1.54) is 59.2 Å². The number of aromatic nitrogens is 3. The lowest BCUT2D eigenvalue weighted by atomic mass is 9.71. The van der Waals surface area contributed by atoms with Crippen LogP contribution >= 0.6 is 0 Å². The number of H-pyrrole nitrogens is 1. The lowest BCUT2D eigenvalue weighted by Crippen LogP contribution is -2.47. The van der Waals surface area contributed by atoms with Gasteiger partial charge in [-0.25, -0.2) is 0 Å². The number of piperidine rings is 1. The molecule has 0 unspecified atom stereocenters. The number of likely N-dealkylation sites (N-methyl/N-ethyl adjacent to an activating group) is 1. The average Bonchev–Trinajstić information content (AvgIpc) is 3.17. The van der Waals surface area contributed by atoms with Gasteiger partial charge in [0.05, 0.1) is 5.69 Å². The van der Waals surface area contributed by atoms with Gasteiger partial charge in [0.15, 0.2) is 0 Å². The van der Waals surface area contributed by atoms with Gasteiger partial charge in [0.1, 0.15) is 0 Å². The number of likely N-dealkylation sites (tertiary alicyclic amines) is 1. The monoisotopic (exact) mass is 362 g/mol. The van der Waals surface area contributed by atoms with E-state index in [9.17, 15) is 0 Å². The zero-order valence-corrected chi connectivity index (χ0v) is 16.9. The summed E-state index contributed by atoms with van der Waals surface area (Å²) in [5.41, 5.74) is 8.39. The van der Waals surface area contributed by atoms with Crippen LogP contribution in [0.3, 0.4) is 0 Å². The number of nitrogens with one attached hydrogen (secondary N) is 1. The van der Waals surface area contributed by atoms with E-state index in [0.29, 0.717) is 12.0 Å². The highest BCUT2D eigenvalue weighted by atomic mass is 15.3. The van der Waals surface area contributed by atoms with Gasteiger partial charge in [-0.15, -0.1) is 0 Å². The maximum atomic E-state index is 4.60. The lowest BCUT2D eigenvalue weighted by Gasteiger charge is -2.45. The summed E-state index contributed by atoms with van der Waals surface area (Å²) < 4.78 is 2.03. The van der Waals surface area contributed by atoms with E-state index in [4.69, 9.17) is 0 Å². The predicted octanol–water partition coefficient (Wildman–Crippen LogP) is 4.11. The smallest absolute Gasteiger partial charge is 0.0628 e. The number of benzene rings is 1. The van der Waals surface area contributed by atoms with Crippen molar-refractivity contribution in [2.75, 3.05) is 13.6 Å². The van der Waals surface area contributed by atoms with Gasteiger partial charge in [-0.3, -0.25) is 4.68 Å². The van der Waals surface area contributed by atoms with Crippen molar-refractivity contribution in [3.05, 3.63) is 52.5 Å². The van der Waals surface area contributed by atoms with E-state index in [1.54, 1.807) is 5.56 Å². The first-order valence-corrected chi connectivity index (χ1v) is 10.3. The van der Waals surface area contributed by atoms with Crippen molar-refractivity contribution in [2.24, 2.45) is 13.0 Å². The van der Waals surface area contributed by atoms with Crippen molar-refractivity contribution in [3.63, 3.8) is 0 Å². The second-order valence-corrected chi connectivity index (χ2v) is 8.81. The maximum absolute atomic E-state index is 4.60. The largest absolute Gasteiger partial charge is 0.361 e. The molecule has 1 aromatic carbocycles. The van der Waals surface area contributed by atoms with Crippen LogP contribution in [0, 0.1) is 19.8 Å². The third-order valence-corrected chi connectivity index (χ3v) is 7.27. The summed E-state index contributed by atoms with van der Waals surface area (Å²) in [6.07, 6.45) is 7.15. The van der Waals surface area contributed by atoms with Crippen LogP contribution in [0.4, 0.5) is 0 Å². The van der Waals surface area contributed by atoms with Crippen LogP contribution in [0.25, 0.3) is 10.9 Å². The molecule has 1 saturated heterocycles. The fourth-order valence-corrected chi connectivity index (χ4v) is 5.79. The molecule has 5 rings (SSSR count). The normalized spacial score (nSPS) is 25.1. The second kappa shape index (κ2) is 6.23. The maximum Gasteiger partial charge on any atom is 0.0628 e. The zero-order chi connectivity index (χ0) is 18.7. The zero-order valence-electron chi connectivity index (χ0n) is 16.9. The van der Waals surface area contributed by atoms with E-state index >= 15 is 0 Å². The van der Waals surface area contributed by atoms with E-state index < -0.39 is 0 Å². The Bertz CT molecular complexity index is 995. The fraction of sp³-hybridized carbons (Fsp3) is 0.522. The van der Waals surface area contributed by atoms with Crippen LogP contribution in [0.15, 0.2) is 24.4 Å². The number of aromatic amines is 1. The number of hydrogen-bond acceptors (Lipinski definition) is 2. The summed E-state index contributed by atoms with van der Waals surface area (Å²) in [4.78, 5) is 6.12. The van der Waals surface area contributed by atoms with Gasteiger partial charge >= 0.3 is 0 Å². The van der Waals surface area contributed by atoms with Gasteiger partial charge in [0.2, 0.25) is 0 Å². The van der Waals surface area contributed by atoms with Crippen molar-refractivity contribution in [3.8, 4) is 0 Å². The molecule has 1 fully saturated rings. The molecule has 0 saturated carbocycles. The minimum Gasteiger partial charge on any atom is -0.361 e. The van der Waals surface area contributed by atoms with E-state index in [0.717, 1.165) is 12.3 Å². The van der Waals surface area contributed by atoms with Crippen LogP contribution in [0.5, 0.6) is 0 Å². The number of fused-ring (bicyclic) bond motifs is 2. The molecular formula is C23H30N4. The topological polar surface area (TPSA) is 36.9 Å². The molecule has 3 heterocycles. The van der Waals surface area contributed by atoms with Crippen molar-refractivity contribution in [2.45, 2.75) is 51.5 Å². The molecule has 2 aromatic heterocycles. The highest BCUT2D eigenvalue weighted by Gasteiger charge is 2.39. The highest BCUT2D eigenvalue weighted by Crippen LogP contribution is 2.45. The standard InChI is InChI=1S/C23H30N4/c1-14-18(15(2)27(4)25-14)9-8-16-10-20-19-6-5-7-21-23(19)17(12-24-21)11-22(20)26(3)13-16/h5-7,12,16,20,22,24H,8-11,13H2,1-4H3/t16-,20-,22-/m1/s1. The Balaban J connectivity index is 1.40. The molecule has 1 aliphatic heterocycles. The van der Waals surface area contributed by atoms with Crippen LogP contribution in [-0.4, -0.2) is 39.3 Å². The van der Waals surface area contributed by atoms with Crippen molar-refractivity contribution in [1.29, 1.82) is 0 Å². The first-order valence-electron chi connectivity index (χ1n) is 10.3. The molecule has 2 aliphatic rings. The fourth-order valence-electron chi connectivity index (χ4n) is 5.79. The Morgan fingerprint density at radius 1 is 1.22 bits per heavy atom. The molecule has 27 heavy (non-hydrogen) atoms. The molecule has 0 bridgehead atoms. The Hall–Kier alpha value is -2.07. The molecule has 3 atom stereocenters. The third kappa shape index (κ3) is 2.65. The van der Waals surface area contributed by atoms with Crippen LogP contribution in [0.1, 0.15) is 46.8 Å². The minimum atomic E-state index is 0.650. The average molecular weight is 363 g/mol. The van der Waals surface area contributed by atoms with Gasteiger partial charge in [0, 0.05) is 48.3 Å². The summed E-state index contributed by atoms with van der Waals surface area (Å²) in [5.74, 6) is 1.42. The minimum absolute atomic E-state index is 0.650. The Labute approximate surface area is 161 Å². The van der Waals surface area contributed by atoms with E-state index in [-0.39, 0.29) is 0 Å². The second-order valence-electron chi connectivity index (χ2n) is 8.81. The lowest BCUT2D eigenvalue weighted by molar-refractivity contribution is 0.108. The molecule has 4 nitrogen and oxygen atoms in total. The molecule has 0 amide bonds. The van der Waals surface area contributed by atoms with Gasteiger partial charge in [-0.1, -0.05) is 12.1 Å². The number of aryl methyl sites for hydroxylation is 2. The van der Waals surface area contributed by atoms with Gasteiger partial charge in [-0.2, -0.15) is 5.10 Å². The molecule has 142 valence electrons. The van der Waals surface area contributed by atoms with Crippen molar-refractivity contribution in [1.82, 2.24) is 19.7 Å². The molecule has 4 heteroatoms. The molecule has 0 spiro atoms. The number of rotatable bonds is 3. The molecule has 1 N–H and O–H groups in total. The van der Waals surface area contributed by atoms with Crippen molar-refractivity contribution >= 4 is 10.9 Å². The first kappa shape index (κ1) is 17.1. The number of nitrogens with zero attached hydrogens (tertiary/aromatic N) is 3. The summed E-state index contributed by atoms with van der Waals surface area (Å²) >= 11 is 0.